The van der Waals surface area contributed by atoms with E-state index in [0.717, 1.165) is 42.4 Å². The second-order valence-electron chi connectivity index (χ2n) is 9.97. The number of hydrogen-bond donors (Lipinski definition) is 0. The first-order chi connectivity index (χ1) is 17.4. The SMILES string of the molecule is Cc1c(Oc2ccc(CCN3CCCCC3)cc2P)ncnc1OC1CCN(C(=O)OC(C)C)CC1. The first-order valence-electron chi connectivity index (χ1n) is 13.1. The summed E-state index contributed by atoms with van der Waals surface area (Å²) in [6.45, 7) is 10.4. The summed E-state index contributed by atoms with van der Waals surface area (Å²) in [4.78, 5) is 25.1. The molecule has 0 spiro atoms. The fourth-order valence-corrected chi connectivity index (χ4v) is 5.02. The largest absolute Gasteiger partial charge is 0.474 e. The van der Waals surface area contributed by atoms with Gasteiger partial charge in [0.05, 0.1) is 11.7 Å². The van der Waals surface area contributed by atoms with Crippen molar-refractivity contribution in [3.05, 3.63) is 35.7 Å². The van der Waals surface area contributed by atoms with Crippen molar-refractivity contribution in [1.29, 1.82) is 0 Å². The summed E-state index contributed by atoms with van der Waals surface area (Å²) >= 11 is 0. The highest BCUT2D eigenvalue weighted by Gasteiger charge is 2.26. The van der Waals surface area contributed by atoms with E-state index in [2.05, 4.69) is 36.2 Å². The van der Waals surface area contributed by atoms with Crippen LogP contribution in [-0.4, -0.2) is 70.8 Å². The predicted molar refractivity (Wildman–Crippen MR) is 143 cm³/mol. The number of amides is 1. The maximum atomic E-state index is 12.1. The summed E-state index contributed by atoms with van der Waals surface area (Å²) in [6, 6.07) is 6.33. The summed E-state index contributed by atoms with van der Waals surface area (Å²) in [5, 5.41) is 1.01. The van der Waals surface area contributed by atoms with Crippen molar-refractivity contribution < 1.29 is 19.0 Å². The molecule has 2 aliphatic heterocycles. The number of piperidine rings is 2. The van der Waals surface area contributed by atoms with Gasteiger partial charge in [0.1, 0.15) is 18.2 Å². The van der Waals surface area contributed by atoms with Crippen LogP contribution in [0.2, 0.25) is 0 Å². The lowest BCUT2D eigenvalue weighted by molar-refractivity contribution is 0.0505. The molecule has 196 valence electrons. The first kappa shape index (κ1) is 26.6. The average molecular weight is 515 g/mol. The van der Waals surface area contributed by atoms with E-state index in [4.69, 9.17) is 14.2 Å². The summed E-state index contributed by atoms with van der Waals surface area (Å²) in [5.74, 6) is 1.76. The maximum Gasteiger partial charge on any atom is 0.410 e. The molecule has 4 rings (SSSR count). The molecular formula is C27H39N4O4P. The number of nitrogens with zero attached hydrogens (tertiary/aromatic N) is 4. The quantitative estimate of drug-likeness (QED) is 0.480. The second-order valence-corrected chi connectivity index (χ2v) is 10.6. The Hall–Kier alpha value is -2.44. The van der Waals surface area contributed by atoms with Crippen molar-refractivity contribution >= 4 is 20.6 Å². The van der Waals surface area contributed by atoms with E-state index >= 15 is 0 Å². The van der Waals surface area contributed by atoms with Gasteiger partial charge in [-0.2, -0.15) is 0 Å². The molecule has 0 aliphatic carbocycles. The lowest BCUT2D eigenvalue weighted by atomic mass is 10.1. The van der Waals surface area contributed by atoms with Gasteiger partial charge in [0, 0.05) is 37.8 Å². The van der Waals surface area contributed by atoms with Crippen LogP contribution in [0.5, 0.6) is 17.5 Å². The van der Waals surface area contributed by atoms with E-state index in [0.29, 0.717) is 24.8 Å². The third-order valence-electron chi connectivity index (χ3n) is 6.75. The second kappa shape index (κ2) is 12.7. The topological polar surface area (TPSA) is 77.0 Å². The molecular weight excluding hydrogens is 475 g/mol. The normalized spacial score (nSPS) is 17.3. The smallest absolute Gasteiger partial charge is 0.410 e. The van der Waals surface area contributed by atoms with Gasteiger partial charge in [0.15, 0.2) is 0 Å². The van der Waals surface area contributed by atoms with Gasteiger partial charge in [0.2, 0.25) is 11.8 Å². The van der Waals surface area contributed by atoms with Gasteiger partial charge in [-0.25, -0.2) is 14.8 Å². The zero-order valence-corrected chi connectivity index (χ0v) is 22.9. The minimum atomic E-state index is -0.261. The zero-order valence-electron chi connectivity index (χ0n) is 21.7. The molecule has 8 nitrogen and oxygen atoms in total. The molecule has 9 heteroatoms. The van der Waals surface area contributed by atoms with Crippen molar-refractivity contribution in [3.63, 3.8) is 0 Å². The molecule has 0 saturated carbocycles. The van der Waals surface area contributed by atoms with Crippen LogP contribution in [0.4, 0.5) is 4.79 Å². The summed E-state index contributed by atoms with van der Waals surface area (Å²) in [5.41, 5.74) is 2.07. The molecule has 36 heavy (non-hydrogen) atoms. The Morgan fingerprint density at radius 1 is 1.08 bits per heavy atom. The van der Waals surface area contributed by atoms with Crippen molar-refractivity contribution in [2.24, 2.45) is 0 Å². The number of hydrogen-bond acceptors (Lipinski definition) is 7. The number of aromatic nitrogens is 2. The molecule has 0 bridgehead atoms. The Labute approximate surface area is 216 Å². The van der Waals surface area contributed by atoms with Crippen LogP contribution in [0.25, 0.3) is 0 Å². The number of likely N-dealkylation sites (tertiary alicyclic amines) is 2. The van der Waals surface area contributed by atoms with E-state index in [1.807, 2.05) is 26.8 Å². The van der Waals surface area contributed by atoms with Gasteiger partial charge in [-0.1, -0.05) is 12.5 Å². The fraction of sp³-hybridized carbons (Fsp3) is 0.593. The number of rotatable bonds is 8. The van der Waals surface area contributed by atoms with Crippen LogP contribution in [0.15, 0.2) is 24.5 Å². The highest BCUT2D eigenvalue weighted by atomic mass is 31.0. The monoisotopic (exact) mass is 514 g/mol. The zero-order chi connectivity index (χ0) is 25.5. The van der Waals surface area contributed by atoms with Crippen LogP contribution in [0.1, 0.15) is 57.1 Å². The molecule has 1 aromatic heterocycles. The average Bonchev–Trinajstić information content (AvgIpc) is 2.87. The predicted octanol–water partition coefficient (Wildman–Crippen LogP) is 4.49. The fourth-order valence-electron chi connectivity index (χ4n) is 4.65. The van der Waals surface area contributed by atoms with E-state index in [9.17, 15) is 4.79 Å². The van der Waals surface area contributed by atoms with Gasteiger partial charge >= 0.3 is 6.09 Å². The molecule has 1 atom stereocenters. The minimum Gasteiger partial charge on any atom is -0.474 e. The van der Waals surface area contributed by atoms with Crippen molar-refractivity contribution in [2.75, 3.05) is 32.7 Å². The third kappa shape index (κ3) is 7.30. The molecule has 2 saturated heterocycles. The molecule has 2 aromatic rings. The third-order valence-corrected chi connectivity index (χ3v) is 7.20. The summed E-state index contributed by atoms with van der Waals surface area (Å²) < 4.78 is 17.7. The number of carbonyl (C=O) groups excluding carboxylic acids is 1. The molecule has 0 N–H and O–H groups in total. The van der Waals surface area contributed by atoms with Crippen LogP contribution in [0, 0.1) is 6.92 Å². The summed E-state index contributed by atoms with van der Waals surface area (Å²) in [7, 11) is 2.78. The Morgan fingerprint density at radius 3 is 2.50 bits per heavy atom. The van der Waals surface area contributed by atoms with E-state index in [-0.39, 0.29) is 18.3 Å². The highest BCUT2D eigenvalue weighted by molar-refractivity contribution is 7.27. The van der Waals surface area contributed by atoms with E-state index in [1.165, 1.54) is 44.2 Å². The molecule has 1 aromatic carbocycles. The number of carbonyl (C=O) groups is 1. The van der Waals surface area contributed by atoms with Gasteiger partial charge in [-0.15, -0.1) is 9.24 Å². The van der Waals surface area contributed by atoms with Gasteiger partial charge in [-0.05, 0) is 70.8 Å². The Balaban J connectivity index is 1.32. The van der Waals surface area contributed by atoms with Crippen LogP contribution >= 0.6 is 9.24 Å². The Morgan fingerprint density at radius 2 is 1.81 bits per heavy atom. The van der Waals surface area contributed by atoms with E-state index < -0.39 is 0 Å². The molecule has 1 amide bonds. The number of ether oxygens (including phenoxy) is 3. The molecule has 2 aliphatic rings. The molecule has 1 unspecified atom stereocenters. The molecule has 2 fully saturated rings. The lowest BCUT2D eigenvalue weighted by Crippen LogP contribution is -2.42. The standard InChI is InChI=1S/C27H39N4O4P/c1-19(2)33-27(32)31-15-10-22(11-16-31)34-25-20(3)26(29-18-28-25)35-23-8-7-21(17-24(23)36)9-14-30-12-5-4-6-13-30/h7-8,17-19,22H,4-6,9-16,36H2,1-3H3. The first-order valence-corrected chi connectivity index (χ1v) is 13.7. The van der Waals surface area contributed by atoms with Gasteiger partial charge < -0.3 is 24.0 Å². The van der Waals surface area contributed by atoms with Crippen molar-refractivity contribution in [2.45, 2.75) is 71.5 Å². The van der Waals surface area contributed by atoms with Gasteiger partial charge in [0.25, 0.3) is 0 Å². The molecule has 0 radical (unpaired) electrons. The van der Waals surface area contributed by atoms with E-state index in [1.54, 1.807) is 4.90 Å². The Kier molecular flexibility index (Phi) is 9.38. The highest BCUT2D eigenvalue weighted by Crippen LogP contribution is 2.29. The molecule has 3 heterocycles. The number of benzene rings is 1. The Bertz CT molecular complexity index is 1020. The maximum absolute atomic E-state index is 12.1. The van der Waals surface area contributed by atoms with Crippen LogP contribution < -0.4 is 14.8 Å². The van der Waals surface area contributed by atoms with Crippen LogP contribution in [0.3, 0.4) is 0 Å². The minimum absolute atomic E-state index is 0.0222. The van der Waals surface area contributed by atoms with Crippen molar-refractivity contribution in [3.8, 4) is 17.5 Å². The van der Waals surface area contributed by atoms with Gasteiger partial charge in [-0.3, -0.25) is 0 Å². The van der Waals surface area contributed by atoms with Crippen LogP contribution in [-0.2, 0) is 11.2 Å². The lowest BCUT2D eigenvalue weighted by Gasteiger charge is -2.32. The summed E-state index contributed by atoms with van der Waals surface area (Å²) in [6.07, 6.45) is 7.56. The van der Waals surface area contributed by atoms with Crippen molar-refractivity contribution in [1.82, 2.24) is 19.8 Å².